The predicted molar refractivity (Wildman–Crippen MR) is 76.7 cm³/mol. The Labute approximate surface area is 112 Å². The third-order valence-corrected chi connectivity index (χ3v) is 3.42. The summed E-state index contributed by atoms with van der Waals surface area (Å²) in [4.78, 5) is 4.55. The van der Waals surface area contributed by atoms with Crippen LogP contribution in [0.3, 0.4) is 0 Å². The highest BCUT2D eigenvalue weighted by Gasteiger charge is 2.11. The number of aromatic nitrogens is 2. The van der Waals surface area contributed by atoms with Crippen LogP contribution in [0.25, 0.3) is 16.9 Å². The number of benzene rings is 1. The SMILES string of the molecule is COc1cc(C)c(-c2ncc3ccccn23)cc1C. The van der Waals surface area contributed by atoms with E-state index in [2.05, 4.69) is 41.4 Å². The van der Waals surface area contributed by atoms with Gasteiger partial charge in [0.1, 0.15) is 11.6 Å². The summed E-state index contributed by atoms with van der Waals surface area (Å²) in [6, 6.07) is 10.3. The lowest BCUT2D eigenvalue weighted by Crippen LogP contribution is -1.95. The van der Waals surface area contributed by atoms with Crippen LogP contribution in [0.2, 0.25) is 0 Å². The molecule has 0 fully saturated rings. The molecular formula is C16H16N2O. The molecule has 2 aromatic heterocycles. The third-order valence-electron chi connectivity index (χ3n) is 3.42. The molecule has 0 aliphatic rings. The third kappa shape index (κ3) is 1.87. The number of hydrogen-bond donors (Lipinski definition) is 0. The van der Waals surface area contributed by atoms with Gasteiger partial charge >= 0.3 is 0 Å². The number of imidazole rings is 1. The molecule has 19 heavy (non-hydrogen) atoms. The van der Waals surface area contributed by atoms with Crippen LogP contribution in [-0.4, -0.2) is 16.5 Å². The molecule has 3 heteroatoms. The Morgan fingerprint density at radius 1 is 1.11 bits per heavy atom. The van der Waals surface area contributed by atoms with Gasteiger partial charge in [-0.25, -0.2) is 4.98 Å². The van der Waals surface area contributed by atoms with E-state index in [0.717, 1.165) is 28.2 Å². The number of aryl methyl sites for hydroxylation is 2. The summed E-state index contributed by atoms with van der Waals surface area (Å²) < 4.78 is 7.46. The summed E-state index contributed by atoms with van der Waals surface area (Å²) in [5.41, 5.74) is 4.53. The number of ether oxygens (including phenoxy) is 1. The number of nitrogens with zero attached hydrogens (tertiary/aromatic N) is 2. The molecule has 0 radical (unpaired) electrons. The molecule has 0 spiro atoms. The number of pyridine rings is 1. The molecule has 0 saturated heterocycles. The van der Waals surface area contributed by atoms with Crippen molar-refractivity contribution in [1.82, 2.24) is 9.38 Å². The molecule has 0 unspecified atom stereocenters. The Kier molecular flexibility index (Phi) is 2.75. The Balaban J connectivity index is 2.24. The highest BCUT2D eigenvalue weighted by Crippen LogP contribution is 2.29. The van der Waals surface area contributed by atoms with E-state index >= 15 is 0 Å². The maximum atomic E-state index is 5.36. The molecule has 3 nitrogen and oxygen atoms in total. The highest BCUT2D eigenvalue weighted by atomic mass is 16.5. The average molecular weight is 252 g/mol. The smallest absolute Gasteiger partial charge is 0.144 e. The lowest BCUT2D eigenvalue weighted by Gasteiger charge is -2.10. The molecule has 1 aromatic carbocycles. The Hall–Kier alpha value is -2.29. The van der Waals surface area contributed by atoms with Crippen molar-refractivity contribution in [1.29, 1.82) is 0 Å². The minimum atomic E-state index is 0.919. The van der Waals surface area contributed by atoms with Crippen LogP contribution in [-0.2, 0) is 0 Å². The van der Waals surface area contributed by atoms with Crippen LogP contribution >= 0.6 is 0 Å². The first-order valence-electron chi connectivity index (χ1n) is 6.28. The summed E-state index contributed by atoms with van der Waals surface area (Å²) in [5.74, 6) is 1.89. The predicted octanol–water partition coefficient (Wildman–Crippen LogP) is 3.63. The molecule has 2 heterocycles. The Bertz CT molecular complexity index is 744. The standard InChI is InChI=1S/C16H16N2O/c1-11-9-15(19-3)12(2)8-14(11)16-17-10-13-6-4-5-7-18(13)16/h4-10H,1-3H3. The Morgan fingerprint density at radius 2 is 1.95 bits per heavy atom. The van der Waals surface area contributed by atoms with Crippen molar-refractivity contribution in [3.05, 3.63) is 53.9 Å². The minimum absolute atomic E-state index is 0.919. The number of fused-ring (bicyclic) bond motifs is 1. The zero-order valence-electron chi connectivity index (χ0n) is 11.3. The molecule has 0 saturated carbocycles. The molecule has 0 N–H and O–H groups in total. The first kappa shape index (κ1) is 11.8. The van der Waals surface area contributed by atoms with Crippen LogP contribution in [0.5, 0.6) is 5.75 Å². The van der Waals surface area contributed by atoms with E-state index in [9.17, 15) is 0 Å². The molecule has 0 aliphatic heterocycles. The normalized spacial score (nSPS) is 10.9. The number of rotatable bonds is 2. The zero-order valence-corrected chi connectivity index (χ0v) is 11.3. The topological polar surface area (TPSA) is 26.5 Å². The van der Waals surface area contributed by atoms with E-state index in [-0.39, 0.29) is 0 Å². The van der Waals surface area contributed by atoms with Crippen molar-refractivity contribution in [2.75, 3.05) is 7.11 Å². The van der Waals surface area contributed by atoms with Crippen molar-refractivity contribution < 1.29 is 4.74 Å². The summed E-state index contributed by atoms with van der Waals surface area (Å²) in [7, 11) is 1.70. The zero-order chi connectivity index (χ0) is 13.4. The second-order valence-electron chi connectivity index (χ2n) is 4.71. The van der Waals surface area contributed by atoms with Gasteiger partial charge in [0.15, 0.2) is 0 Å². The molecule has 0 amide bonds. The monoisotopic (exact) mass is 252 g/mol. The highest BCUT2D eigenvalue weighted by molar-refractivity contribution is 5.67. The van der Waals surface area contributed by atoms with Crippen molar-refractivity contribution in [2.45, 2.75) is 13.8 Å². The molecule has 3 aromatic rings. The van der Waals surface area contributed by atoms with Crippen molar-refractivity contribution in [3.8, 4) is 17.1 Å². The first-order valence-corrected chi connectivity index (χ1v) is 6.28. The maximum Gasteiger partial charge on any atom is 0.144 e. The van der Waals surface area contributed by atoms with Crippen molar-refractivity contribution in [2.24, 2.45) is 0 Å². The molecule has 96 valence electrons. The van der Waals surface area contributed by atoms with Gasteiger partial charge in [-0.05, 0) is 49.2 Å². The summed E-state index contributed by atoms with van der Waals surface area (Å²) in [6.45, 7) is 4.14. The fraction of sp³-hybridized carbons (Fsp3) is 0.188. The van der Waals surface area contributed by atoms with Gasteiger partial charge in [0.25, 0.3) is 0 Å². The van der Waals surface area contributed by atoms with Gasteiger partial charge in [0, 0.05) is 11.8 Å². The van der Waals surface area contributed by atoms with E-state index in [0.29, 0.717) is 0 Å². The van der Waals surface area contributed by atoms with E-state index in [1.54, 1.807) is 7.11 Å². The summed E-state index contributed by atoms with van der Waals surface area (Å²) in [5, 5.41) is 0. The average Bonchev–Trinajstić information content (AvgIpc) is 2.84. The fourth-order valence-electron chi connectivity index (χ4n) is 2.39. The van der Waals surface area contributed by atoms with Crippen molar-refractivity contribution in [3.63, 3.8) is 0 Å². The second-order valence-corrected chi connectivity index (χ2v) is 4.71. The summed E-state index contributed by atoms with van der Waals surface area (Å²) >= 11 is 0. The maximum absolute atomic E-state index is 5.36. The number of hydrogen-bond acceptors (Lipinski definition) is 2. The van der Waals surface area contributed by atoms with Crippen LogP contribution in [0.15, 0.2) is 42.7 Å². The van der Waals surface area contributed by atoms with Gasteiger partial charge in [-0.1, -0.05) is 6.07 Å². The first-order chi connectivity index (χ1) is 9.20. The fourth-order valence-corrected chi connectivity index (χ4v) is 2.39. The molecule has 3 rings (SSSR count). The van der Waals surface area contributed by atoms with Gasteiger partial charge in [-0.2, -0.15) is 0 Å². The molecular weight excluding hydrogens is 236 g/mol. The van der Waals surface area contributed by atoms with Gasteiger partial charge in [-0.3, -0.25) is 4.40 Å². The van der Waals surface area contributed by atoms with Gasteiger partial charge < -0.3 is 4.74 Å². The molecule has 0 aliphatic carbocycles. The van der Waals surface area contributed by atoms with Crippen molar-refractivity contribution >= 4 is 5.52 Å². The van der Waals surface area contributed by atoms with E-state index in [1.807, 2.05) is 24.5 Å². The summed E-state index contributed by atoms with van der Waals surface area (Å²) in [6.07, 6.45) is 3.94. The number of methoxy groups -OCH3 is 1. The largest absolute Gasteiger partial charge is 0.496 e. The van der Waals surface area contributed by atoms with E-state index in [4.69, 9.17) is 4.74 Å². The molecule has 0 bridgehead atoms. The second kappa shape index (κ2) is 4.43. The minimum Gasteiger partial charge on any atom is -0.496 e. The van der Waals surface area contributed by atoms with Crippen LogP contribution < -0.4 is 4.74 Å². The van der Waals surface area contributed by atoms with Gasteiger partial charge in [-0.15, -0.1) is 0 Å². The van der Waals surface area contributed by atoms with Crippen LogP contribution in [0.1, 0.15) is 11.1 Å². The van der Waals surface area contributed by atoms with E-state index < -0.39 is 0 Å². The molecule has 0 atom stereocenters. The van der Waals surface area contributed by atoms with Crippen LogP contribution in [0.4, 0.5) is 0 Å². The lowest BCUT2D eigenvalue weighted by molar-refractivity contribution is 0.411. The quantitative estimate of drug-likeness (QED) is 0.696. The lowest BCUT2D eigenvalue weighted by atomic mass is 10.0. The van der Waals surface area contributed by atoms with Gasteiger partial charge in [0.05, 0.1) is 18.8 Å². The Morgan fingerprint density at radius 3 is 2.74 bits per heavy atom. The van der Waals surface area contributed by atoms with Crippen LogP contribution in [0, 0.1) is 13.8 Å². The van der Waals surface area contributed by atoms with Gasteiger partial charge in [0.2, 0.25) is 0 Å². The van der Waals surface area contributed by atoms with E-state index in [1.165, 1.54) is 5.56 Å².